The smallest absolute Gasteiger partial charge is 0.306 e. The molecule has 0 atom stereocenters. The van der Waals surface area contributed by atoms with E-state index in [2.05, 4.69) is 40.4 Å². The minimum atomic E-state index is -0.221. The van der Waals surface area contributed by atoms with Crippen LogP contribution in [0, 0.1) is 10.7 Å². The Kier molecular flexibility index (Phi) is 2.54. The summed E-state index contributed by atoms with van der Waals surface area (Å²) in [6, 6.07) is 20.4. The zero-order valence-electron chi connectivity index (χ0n) is 13.1. The molecule has 0 unspecified atom stereocenters. The van der Waals surface area contributed by atoms with Gasteiger partial charge in [-0.3, -0.25) is 4.79 Å². The fourth-order valence-electron chi connectivity index (χ4n) is 3.62. The van der Waals surface area contributed by atoms with Crippen LogP contribution < -0.4 is 4.36 Å². The summed E-state index contributed by atoms with van der Waals surface area (Å²) in [4.78, 5) is 15.3. The van der Waals surface area contributed by atoms with Crippen LogP contribution in [0.5, 0.6) is 0 Å². The molecule has 24 heavy (non-hydrogen) atoms. The van der Waals surface area contributed by atoms with Crippen LogP contribution in [0.4, 0.5) is 0 Å². The van der Waals surface area contributed by atoms with Crippen molar-refractivity contribution in [2.45, 2.75) is 6.92 Å². The lowest BCUT2D eigenvalue weighted by atomic mass is 10.1. The third-order valence-corrected chi connectivity index (χ3v) is 4.51. The van der Waals surface area contributed by atoms with Crippen LogP contribution in [-0.4, -0.2) is 10.9 Å². The average Bonchev–Trinajstić information content (AvgIpc) is 2.91. The molecule has 1 aliphatic heterocycles. The highest BCUT2D eigenvalue weighted by molar-refractivity contribution is 6.11. The van der Waals surface area contributed by atoms with E-state index in [1.807, 2.05) is 30.3 Å². The number of amides is 1. The first-order chi connectivity index (χ1) is 11.7. The molecular formula is C20H14N3O+. The molecule has 4 heteroatoms. The van der Waals surface area contributed by atoms with Gasteiger partial charge in [0.15, 0.2) is 0 Å². The second-order valence-electron chi connectivity index (χ2n) is 6.01. The van der Waals surface area contributed by atoms with Gasteiger partial charge in [-0.2, -0.15) is 0 Å². The van der Waals surface area contributed by atoms with Gasteiger partial charge in [0.05, 0.1) is 5.39 Å². The maximum Gasteiger partial charge on any atom is 0.306 e. The van der Waals surface area contributed by atoms with E-state index < -0.39 is 0 Å². The second-order valence-corrected chi connectivity index (χ2v) is 6.01. The van der Waals surface area contributed by atoms with Crippen molar-refractivity contribution in [3.63, 3.8) is 0 Å². The lowest BCUT2D eigenvalue weighted by Crippen LogP contribution is -2.22. The van der Waals surface area contributed by atoms with Crippen LogP contribution in [0.25, 0.3) is 32.6 Å². The molecule has 4 nitrogen and oxygen atoms in total. The summed E-state index contributed by atoms with van der Waals surface area (Å²) in [6.07, 6.45) is 0. The van der Waals surface area contributed by atoms with Gasteiger partial charge in [-0.15, -0.1) is 0 Å². The molecule has 1 amide bonds. The Morgan fingerprint density at radius 1 is 0.958 bits per heavy atom. The number of carbonyl (C=O) groups is 1. The van der Waals surface area contributed by atoms with Gasteiger partial charge in [0.1, 0.15) is 10.9 Å². The molecule has 1 aliphatic carbocycles. The second kappa shape index (κ2) is 4.61. The number of aromatic amines is 1. The maximum absolute atomic E-state index is 11.8. The van der Waals surface area contributed by atoms with Crippen molar-refractivity contribution in [2.24, 2.45) is 5.11 Å². The van der Waals surface area contributed by atoms with Crippen LogP contribution in [0.1, 0.15) is 6.92 Å². The average molecular weight is 312 g/mol. The van der Waals surface area contributed by atoms with E-state index in [1.165, 1.54) is 17.7 Å². The summed E-state index contributed by atoms with van der Waals surface area (Å²) < 4.78 is 1.78. The summed E-state index contributed by atoms with van der Waals surface area (Å²) >= 11 is 0. The van der Waals surface area contributed by atoms with Crippen molar-refractivity contribution in [3.05, 3.63) is 71.4 Å². The molecule has 114 valence electrons. The third-order valence-electron chi connectivity index (χ3n) is 4.51. The van der Waals surface area contributed by atoms with E-state index in [9.17, 15) is 4.79 Å². The van der Waals surface area contributed by atoms with Gasteiger partial charge in [0, 0.05) is 28.9 Å². The molecule has 3 aromatic carbocycles. The van der Waals surface area contributed by atoms with Crippen LogP contribution in [0.15, 0.2) is 65.8 Å². The van der Waals surface area contributed by atoms with Gasteiger partial charge in [0.2, 0.25) is 0 Å². The molecule has 3 aromatic rings. The molecule has 0 aromatic heterocycles. The van der Waals surface area contributed by atoms with Gasteiger partial charge in [-0.25, -0.2) is 0 Å². The van der Waals surface area contributed by atoms with E-state index >= 15 is 0 Å². The van der Waals surface area contributed by atoms with Crippen LogP contribution >= 0.6 is 0 Å². The topological polar surface area (TPSA) is 51.1 Å². The highest BCUT2D eigenvalue weighted by Gasteiger charge is 2.19. The third kappa shape index (κ3) is 1.65. The molecule has 5 rings (SSSR count). The Bertz CT molecular complexity index is 1380. The number of fused-ring (bicyclic) bond motifs is 3. The van der Waals surface area contributed by atoms with Gasteiger partial charge < -0.3 is 4.98 Å². The fraction of sp³-hybridized carbons (Fsp3) is 0.0500. The van der Waals surface area contributed by atoms with Crippen molar-refractivity contribution in [2.75, 3.05) is 0 Å². The standard InChI is InChI=1S/C20H13N3O/c1-12(24)22-23-17-11-3-2-10-16(17)21-19-14-8-4-6-13-7-5-9-15(18(13)14)20(19)23/h2-11H,1H3/p+1. The van der Waals surface area contributed by atoms with Crippen LogP contribution in [0.3, 0.4) is 0 Å². The van der Waals surface area contributed by atoms with E-state index in [0.29, 0.717) is 0 Å². The highest BCUT2D eigenvalue weighted by atomic mass is 16.1. The SMILES string of the molecule is CC(=O)N=[n+]1c2c3cccc4cccc(c=2[nH]c2ccccc21)c43. The first-order valence-corrected chi connectivity index (χ1v) is 7.89. The lowest BCUT2D eigenvalue weighted by molar-refractivity contribution is -0.523. The number of hydrogen-bond donors (Lipinski definition) is 1. The number of nitrogens with zero attached hydrogens (tertiary/aromatic N) is 2. The molecule has 0 fully saturated rings. The Balaban J connectivity index is 2.26. The van der Waals surface area contributed by atoms with Crippen molar-refractivity contribution < 1.29 is 9.16 Å². The quantitative estimate of drug-likeness (QED) is 0.435. The molecule has 0 bridgehead atoms. The minimum Gasteiger partial charge on any atom is -0.344 e. The number of benzene rings is 3. The van der Waals surface area contributed by atoms with E-state index in [0.717, 1.165) is 32.5 Å². The predicted octanol–water partition coefficient (Wildman–Crippen LogP) is 3.78. The van der Waals surface area contributed by atoms with E-state index in [4.69, 9.17) is 0 Å². The molecule has 0 spiro atoms. The number of para-hydroxylation sites is 2. The molecule has 0 saturated heterocycles. The van der Waals surface area contributed by atoms with Crippen LogP contribution in [-0.2, 0) is 4.79 Å². The van der Waals surface area contributed by atoms with Gasteiger partial charge >= 0.3 is 5.91 Å². The summed E-state index contributed by atoms with van der Waals surface area (Å²) in [7, 11) is 0. The first kappa shape index (κ1) is 13.2. The Hall–Kier alpha value is -3.27. The number of hydrogen-bond acceptors (Lipinski definition) is 1. The maximum atomic E-state index is 11.8. The molecular weight excluding hydrogens is 298 g/mol. The Morgan fingerprint density at radius 2 is 1.71 bits per heavy atom. The summed E-state index contributed by atoms with van der Waals surface area (Å²) in [6.45, 7) is 1.48. The minimum absolute atomic E-state index is 0.221. The van der Waals surface area contributed by atoms with Gasteiger partial charge in [-0.1, -0.05) is 42.5 Å². The van der Waals surface area contributed by atoms with Crippen LogP contribution in [0.2, 0.25) is 0 Å². The van der Waals surface area contributed by atoms with Gasteiger partial charge in [-0.05, 0) is 21.9 Å². The van der Waals surface area contributed by atoms with E-state index in [1.54, 1.807) is 4.36 Å². The first-order valence-electron chi connectivity index (χ1n) is 7.89. The largest absolute Gasteiger partial charge is 0.344 e. The number of rotatable bonds is 0. The molecule has 2 aliphatic rings. The normalized spacial score (nSPS) is 12.8. The lowest BCUT2D eigenvalue weighted by Gasteiger charge is -1.95. The predicted molar refractivity (Wildman–Crippen MR) is 92.9 cm³/mol. The summed E-state index contributed by atoms with van der Waals surface area (Å²) in [5.41, 5.74) is 1.84. The summed E-state index contributed by atoms with van der Waals surface area (Å²) in [5.74, 6) is -0.221. The number of carbonyl (C=O) groups excluding carboxylic acids is 1. The molecule has 0 saturated carbocycles. The van der Waals surface area contributed by atoms with Crippen molar-refractivity contribution in [1.82, 2.24) is 4.98 Å². The van der Waals surface area contributed by atoms with Crippen molar-refractivity contribution >= 4 is 38.5 Å². The van der Waals surface area contributed by atoms with Crippen molar-refractivity contribution in [3.8, 4) is 0 Å². The Labute approximate surface area is 136 Å². The molecule has 1 N–H and O–H groups in total. The highest BCUT2D eigenvalue weighted by Crippen LogP contribution is 2.30. The fourth-order valence-corrected chi connectivity index (χ4v) is 3.62. The van der Waals surface area contributed by atoms with Crippen molar-refractivity contribution in [1.29, 1.82) is 0 Å². The number of H-pyrrole nitrogens is 1. The monoisotopic (exact) mass is 312 g/mol. The number of aromatic nitrogens is 2. The Morgan fingerprint density at radius 3 is 2.50 bits per heavy atom. The zero-order chi connectivity index (χ0) is 16.3. The number of nitrogens with one attached hydrogen (secondary N) is 1. The van der Waals surface area contributed by atoms with Gasteiger partial charge in [0.25, 0.3) is 10.9 Å². The molecule has 0 radical (unpaired) electrons. The molecule has 1 heterocycles. The zero-order valence-corrected chi connectivity index (χ0v) is 13.1. The summed E-state index contributed by atoms with van der Waals surface area (Å²) in [5, 5.41) is 10.9. The van der Waals surface area contributed by atoms with E-state index in [-0.39, 0.29) is 5.91 Å².